The number of fused-ring (bicyclic) bond motifs is 3. The predicted octanol–water partition coefficient (Wildman–Crippen LogP) is 5.07. The fraction of sp³-hybridized carbons (Fsp3) is 0.200. The first-order valence-electron chi connectivity index (χ1n) is 10.4. The molecule has 164 valence electrons. The molecule has 1 aliphatic heterocycles. The van der Waals surface area contributed by atoms with Gasteiger partial charge in [0.05, 0.1) is 29.2 Å². The number of rotatable bonds is 7. The van der Waals surface area contributed by atoms with Crippen LogP contribution in [0.15, 0.2) is 72.8 Å². The molecular weight excluding hydrogens is 427 g/mol. The van der Waals surface area contributed by atoms with Gasteiger partial charge in [-0.15, -0.1) is 0 Å². The van der Waals surface area contributed by atoms with Crippen LogP contribution in [0, 0.1) is 0 Å². The molecular formula is C25H23O6P. The van der Waals surface area contributed by atoms with Crippen molar-refractivity contribution in [1.29, 1.82) is 0 Å². The lowest BCUT2D eigenvalue weighted by Crippen LogP contribution is -2.22. The number of benzene rings is 3. The van der Waals surface area contributed by atoms with Gasteiger partial charge in [-0.1, -0.05) is 43.3 Å². The maximum absolute atomic E-state index is 13.7. The van der Waals surface area contributed by atoms with Crippen molar-refractivity contribution in [2.45, 2.75) is 13.3 Å². The van der Waals surface area contributed by atoms with Crippen molar-refractivity contribution in [3.8, 4) is 16.9 Å². The SMILES string of the molecule is CCCOC(=O)c1ccc(C(=O)OCCP2(=O)Oc3ccccc3-c3ccccc32)cc1. The van der Waals surface area contributed by atoms with E-state index in [9.17, 15) is 14.2 Å². The molecule has 0 aromatic heterocycles. The van der Waals surface area contributed by atoms with Gasteiger partial charge in [-0.25, -0.2) is 9.59 Å². The van der Waals surface area contributed by atoms with Gasteiger partial charge in [-0.2, -0.15) is 0 Å². The second kappa shape index (κ2) is 9.41. The lowest BCUT2D eigenvalue weighted by molar-refractivity contribution is 0.0498. The summed E-state index contributed by atoms with van der Waals surface area (Å²) in [4.78, 5) is 24.3. The zero-order chi connectivity index (χ0) is 22.6. The van der Waals surface area contributed by atoms with Crippen molar-refractivity contribution in [1.82, 2.24) is 0 Å². The zero-order valence-corrected chi connectivity index (χ0v) is 18.5. The van der Waals surface area contributed by atoms with Crippen LogP contribution in [0.5, 0.6) is 5.75 Å². The van der Waals surface area contributed by atoms with Crippen molar-refractivity contribution < 1.29 is 28.2 Å². The quantitative estimate of drug-likeness (QED) is 0.369. The number of hydrogen-bond acceptors (Lipinski definition) is 6. The second-order valence-corrected chi connectivity index (χ2v) is 9.81. The summed E-state index contributed by atoms with van der Waals surface area (Å²) in [5, 5.41) is 0.629. The van der Waals surface area contributed by atoms with Gasteiger partial charge in [-0.3, -0.25) is 4.57 Å². The highest BCUT2D eigenvalue weighted by atomic mass is 31.2. The summed E-state index contributed by atoms with van der Waals surface area (Å²) in [5.74, 6) is -0.430. The third-order valence-electron chi connectivity index (χ3n) is 5.11. The van der Waals surface area contributed by atoms with Crippen LogP contribution in [0.2, 0.25) is 0 Å². The third kappa shape index (κ3) is 4.46. The summed E-state index contributed by atoms with van der Waals surface area (Å²) >= 11 is 0. The minimum Gasteiger partial charge on any atom is -0.462 e. The average molecular weight is 450 g/mol. The summed E-state index contributed by atoms with van der Waals surface area (Å²) < 4.78 is 30.0. The minimum atomic E-state index is -3.25. The van der Waals surface area contributed by atoms with Crippen LogP contribution >= 0.6 is 7.37 Å². The van der Waals surface area contributed by atoms with E-state index in [4.69, 9.17) is 14.0 Å². The van der Waals surface area contributed by atoms with Crippen molar-refractivity contribution in [3.05, 3.63) is 83.9 Å². The van der Waals surface area contributed by atoms with Gasteiger partial charge < -0.3 is 14.0 Å². The Kier molecular flexibility index (Phi) is 6.42. The van der Waals surface area contributed by atoms with E-state index in [1.807, 2.05) is 43.3 Å². The molecule has 0 spiro atoms. The Morgan fingerprint density at radius 2 is 1.34 bits per heavy atom. The van der Waals surface area contributed by atoms with Gasteiger partial charge in [0.2, 0.25) is 0 Å². The zero-order valence-electron chi connectivity index (χ0n) is 17.7. The van der Waals surface area contributed by atoms with Crippen LogP contribution in [0.3, 0.4) is 0 Å². The first-order chi connectivity index (χ1) is 15.5. The molecule has 1 atom stereocenters. The maximum Gasteiger partial charge on any atom is 0.338 e. The van der Waals surface area contributed by atoms with Crippen molar-refractivity contribution in [2.24, 2.45) is 0 Å². The molecule has 0 aliphatic carbocycles. The Bertz CT molecular complexity index is 1190. The summed E-state index contributed by atoms with van der Waals surface area (Å²) in [6.45, 7) is 2.20. The van der Waals surface area contributed by atoms with Gasteiger partial charge in [-0.05, 0) is 48.4 Å². The molecule has 3 aromatic carbocycles. The van der Waals surface area contributed by atoms with Crippen LogP contribution in [-0.4, -0.2) is 31.3 Å². The lowest BCUT2D eigenvalue weighted by atomic mass is 10.0. The first kappa shape index (κ1) is 21.8. The molecule has 0 amide bonds. The molecule has 1 unspecified atom stereocenters. The number of esters is 2. The fourth-order valence-electron chi connectivity index (χ4n) is 3.50. The molecule has 4 rings (SSSR count). The van der Waals surface area contributed by atoms with Crippen LogP contribution in [0.25, 0.3) is 11.1 Å². The van der Waals surface area contributed by atoms with Gasteiger partial charge in [0.25, 0.3) is 7.37 Å². The normalized spacial score (nSPS) is 16.3. The smallest absolute Gasteiger partial charge is 0.338 e. The van der Waals surface area contributed by atoms with E-state index in [-0.39, 0.29) is 12.8 Å². The van der Waals surface area contributed by atoms with E-state index >= 15 is 0 Å². The van der Waals surface area contributed by atoms with Crippen LogP contribution in [0.4, 0.5) is 0 Å². The molecule has 1 aliphatic rings. The summed E-state index contributed by atoms with van der Waals surface area (Å²) in [7, 11) is -3.25. The second-order valence-electron chi connectivity index (χ2n) is 7.35. The largest absolute Gasteiger partial charge is 0.462 e. The molecule has 0 saturated heterocycles. The number of carbonyl (C=O) groups excluding carboxylic acids is 2. The maximum atomic E-state index is 13.7. The van der Waals surface area contributed by atoms with Crippen molar-refractivity contribution in [2.75, 3.05) is 19.4 Å². The van der Waals surface area contributed by atoms with Crippen LogP contribution < -0.4 is 9.83 Å². The van der Waals surface area contributed by atoms with E-state index in [1.165, 1.54) is 24.3 Å². The van der Waals surface area contributed by atoms with Gasteiger partial charge >= 0.3 is 11.9 Å². The number of hydrogen-bond donors (Lipinski definition) is 0. The van der Waals surface area contributed by atoms with Crippen molar-refractivity contribution in [3.63, 3.8) is 0 Å². The minimum absolute atomic E-state index is 0.0610. The summed E-state index contributed by atoms with van der Waals surface area (Å²) in [6.07, 6.45) is 0.797. The molecule has 1 heterocycles. The Labute approximate surface area is 186 Å². The van der Waals surface area contributed by atoms with Gasteiger partial charge in [0.15, 0.2) is 0 Å². The lowest BCUT2D eigenvalue weighted by Gasteiger charge is -2.28. The fourth-order valence-corrected chi connectivity index (χ4v) is 5.62. The standard InChI is InChI=1S/C25H23O6P/c1-2-15-29-24(26)18-11-13-19(14-12-18)25(27)30-16-17-32(28)23-10-6-4-8-21(23)20-7-3-5-9-22(20)31-32/h3-14H,2,15-17H2,1H3. The molecule has 3 aromatic rings. The van der Waals surface area contributed by atoms with E-state index in [0.717, 1.165) is 17.5 Å². The van der Waals surface area contributed by atoms with Gasteiger partial charge in [0, 0.05) is 5.56 Å². The average Bonchev–Trinajstić information content (AvgIpc) is 2.83. The highest BCUT2D eigenvalue weighted by molar-refractivity contribution is 7.67. The summed E-state index contributed by atoms with van der Waals surface area (Å²) in [6, 6.07) is 21.0. The highest BCUT2D eigenvalue weighted by Crippen LogP contribution is 2.54. The Hall–Kier alpha value is -3.37. The number of para-hydroxylation sites is 1. The molecule has 0 bridgehead atoms. The molecule has 32 heavy (non-hydrogen) atoms. The van der Waals surface area contributed by atoms with E-state index < -0.39 is 19.3 Å². The molecule has 6 nitrogen and oxygen atoms in total. The van der Waals surface area contributed by atoms with Crippen molar-refractivity contribution >= 4 is 24.6 Å². The highest BCUT2D eigenvalue weighted by Gasteiger charge is 2.35. The molecule has 0 radical (unpaired) electrons. The van der Waals surface area contributed by atoms with E-state index in [0.29, 0.717) is 28.8 Å². The molecule has 0 fully saturated rings. The van der Waals surface area contributed by atoms with Gasteiger partial charge in [0.1, 0.15) is 12.4 Å². The topological polar surface area (TPSA) is 78.9 Å². The molecule has 7 heteroatoms. The third-order valence-corrected chi connectivity index (χ3v) is 7.49. The monoisotopic (exact) mass is 450 g/mol. The Morgan fingerprint density at radius 1 is 0.781 bits per heavy atom. The predicted molar refractivity (Wildman–Crippen MR) is 122 cm³/mol. The van der Waals surface area contributed by atoms with E-state index in [1.54, 1.807) is 12.1 Å². The van der Waals surface area contributed by atoms with Crippen LogP contribution in [-0.2, 0) is 14.0 Å². The molecule has 0 N–H and O–H groups in total. The van der Waals surface area contributed by atoms with Crippen LogP contribution in [0.1, 0.15) is 34.1 Å². The summed E-state index contributed by atoms with van der Waals surface area (Å²) in [5.41, 5.74) is 2.43. The van der Waals surface area contributed by atoms with E-state index in [2.05, 4.69) is 0 Å². The number of ether oxygens (including phenoxy) is 2. The Balaban J connectivity index is 1.42. The number of carbonyl (C=O) groups is 2. The first-order valence-corrected chi connectivity index (χ1v) is 12.2. The molecule has 0 saturated carbocycles. The Morgan fingerprint density at radius 3 is 2.00 bits per heavy atom.